The third-order valence-electron chi connectivity index (χ3n) is 14.8. The first-order valence-corrected chi connectivity index (χ1v) is 23.1. The van der Waals surface area contributed by atoms with Gasteiger partial charge in [-0.2, -0.15) is 0 Å². The predicted molar refractivity (Wildman–Crippen MR) is 273 cm³/mol. The highest BCUT2D eigenvalue weighted by Crippen LogP contribution is 2.68. The second kappa shape index (κ2) is 14.0. The fraction of sp³-hybridized carbons (Fsp3) is 0.0645. The summed E-state index contributed by atoms with van der Waals surface area (Å²) in [6.07, 6.45) is 5.65. The van der Waals surface area contributed by atoms with Gasteiger partial charge in [-0.1, -0.05) is 139 Å². The summed E-state index contributed by atoms with van der Waals surface area (Å²) in [5.41, 5.74) is 22.4. The van der Waals surface area contributed by atoms with Crippen LogP contribution in [0, 0.1) is 13.8 Å². The van der Waals surface area contributed by atoms with Gasteiger partial charge in [-0.25, -0.2) is 0 Å². The minimum absolute atomic E-state index is 0.638. The van der Waals surface area contributed by atoms with E-state index in [-0.39, 0.29) is 0 Å². The largest absolute Gasteiger partial charge is 0.310 e. The topological polar surface area (TPSA) is 37.2 Å². The second-order valence-electron chi connectivity index (χ2n) is 18.3. The maximum Gasteiger partial charge on any atom is 0.0963 e. The molecule has 5 nitrogen and oxygen atoms in total. The fourth-order valence-corrected chi connectivity index (χ4v) is 12.4. The number of pyridine rings is 2. The zero-order valence-electron chi connectivity index (χ0n) is 37.1. The highest BCUT2D eigenvalue weighted by atomic mass is 15.2. The van der Waals surface area contributed by atoms with Crippen LogP contribution in [0.3, 0.4) is 0 Å². The van der Waals surface area contributed by atoms with E-state index < -0.39 is 10.8 Å². The molecule has 3 aromatic heterocycles. The van der Waals surface area contributed by atoms with Crippen molar-refractivity contribution in [3.05, 3.63) is 280 Å². The van der Waals surface area contributed by atoms with Crippen molar-refractivity contribution in [2.75, 3.05) is 9.80 Å². The maximum absolute atomic E-state index is 4.91. The van der Waals surface area contributed by atoms with Crippen LogP contribution >= 0.6 is 0 Å². The number of rotatable bonds is 3. The zero-order valence-corrected chi connectivity index (χ0v) is 37.1. The first kappa shape index (κ1) is 37.8. The van der Waals surface area contributed by atoms with Crippen molar-refractivity contribution in [1.82, 2.24) is 14.5 Å². The van der Waals surface area contributed by atoms with Crippen molar-refractivity contribution in [3.8, 4) is 5.69 Å². The molecule has 0 bridgehead atoms. The van der Waals surface area contributed by atoms with E-state index in [1.165, 1.54) is 67.0 Å². The Hall–Kier alpha value is -8.54. The van der Waals surface area contributed by atoms with Crippen molar-refractivity contribution < 1.29 is 0 Å². The van der Waals surface area contributed by atoms with Crippen LogP contribution < -0.4 is 9.80 Å². The SMILES string of the molecule is Cc1ccc2c(c1)C1(c3cc(C)ccc3N2c2ccc3c4ncccc4n(-c4cccnc4)c3c2)c2ccccc2C2(c3ccccc3N(c3ccccc3)c3ccccc32)c2ccccc21. The van der Waals surface area contributed by atoms with E-state index in [1.807, 2.05) is 30.7 Å². The Labute approximate surface area is 389 Å². The number of hydrogen-bond acceptors (Lipinski definition) is 4. The lowest BCUT2D eigenvalue weighted by molar-refractivity contribution is 0.607. The van der Waals surface area contributed by atoms with E-state index in [0.29, 0.717) is 0 Å². The van der Waals surface area contributed by atoms with E-state index in [0.717, 1.165) is 50.4 Å². The molecule has 0 saturated heterocycles. The predicted octanol–water partition coefficient (Wildman–Crippen LogP) is 14.8. The average molecular weight is 858 g/mol. The second-order valence-corrected chi connectivity index (χ2v) is 18.3. The van der Waals surface area contributed by atoms with Gasteiger partial charge in [0.25, 0.3) is 0 Å². The summed E-state index contributed by atoms with van der Waals surface area (Å²) in [6.45, 7) is 4.48. The Morgan fingerprint density at radius 3 is 1.43 bits per heavy atom. The van der Waals surface area contributed by atoms with Gasteiger partial charge in [0.05, 0.1) is 62.0 Å². The Balaban J connectivity index is 1.09. The minimum atomic E-state index is -0.684. The number of benzene rings is 8. The lowest BCUT2D eigenvalue weighted by Crippen LogP contribution is -2.49. The van der Waals surface area contributed by atoms with Gasteiger partial charge in [0, 0.05) is 29.2 Å². The van der Waals surface area contributed by atoms with Crippen LogP contribution in [0.5, 0.6) is 0 Å². The molecule has 2 spiro atoms. The first-order chi connectivity index (χ1) is 33.1. The Kier molecular flexibility index (Phi) is 7.89. The average Bonchev–Trinajstić information content (AvgIpc) is 3.71. The van der Waals surface area contributed by atoms with E-state index in [1.54, 1.807) is 0 Å². The van der Waals surface area contributed by atoms with Crippen molar-refractivity contribution in [1.29, 1.82) is 0 Å². The van der Waals surface area contributed by atoms with Crippen LogP contribution in [-0.2, 0) is 10.8 Å². The Morgan fingerprint density at radius 1 is 0.358 bits per heavy atom. The summed E-state index contributed by atoms with van der Waals surface area (Å²) in [5.74, 6) is 0. The number of nitrogens with zero attached hydrogens (tertiary/aromatic N) is 5. The molecule has 0 saturated carbocycles. The molecular weight excluding hydrogens is 815 g/mol. The van der Waals surface area contributed by atoms with Gasteiger partial charge in [-0.15, -0.1) is 0 Å². The van der Waals surface area contributed by atoms with Crippen molar-refractivity contribution in [3.63, 3.8) is 0 Å². The molecule has 5 heteroatoms. The van der Waals surface area contributed by atoms with Crippen LogP contribution in [-0.4, -0.2) is 14.5 Å². The molecule has 0 atom stereocenters. The quantitative estimate of drug-likeness (QED) is 0.177. The number of fused-ring (bicyclic) bond motifs is 17. The van der Waals surface area contributed by atoms with Crippen LogP contribution in [0.15, 0.2) is 225 Å². The zero-order chi connectivity index (χ0) is 44.4. The standard InChI is InChI=1S/C62H43N5/c1-40-28-32-56-52(36-40)62(53-37-41(2)29-33-57(53)66(56)43-30-31-45-59(38-43)67(44-18-14-34-63-39-44)58-27-15-35-64-60(45)58)48-21-8-6-19-46(48)61(47-20-7-9-22-49(47)62)50-23-10-12-25-54(50)65(42-16-4-3-5-17-42)55-26-13-11-24-51(55)61/h3-39H,1-2H3. The highest BCUT2D eigenvalue weighted by Gasteiger charge is 2.59. The van der Waals surface area contributed by atoms with Gasteiger partial charge < -0.3 is 14.4 Å². The van der Waals surface area contributed by atoms with E-state index in [4.69, 9.17) is 4.98 Å². The number of aryl methyl sites for hydroxylation is 2. The summed E-state index contributed by atoms with van der Waals surface area (Å²) in [6, 6.07) is 77.2. The molecule has 0 amide bonds. The van der Waals surface area contributed by atoms with Gasteiger partial charge >= 0.3 is 0 Å². The van der Waals surface area contributed by atoms with Gasteiger partial charge in [-0.05, 0) is 137 Å². The lowest BCUT2D eigenvalue weighted by Gasteiger charge is -2.56. The van der Waals surface area contributed by atoms with Crippen LogP contribution in [0.25, 0.3) is 27.6 Å². The summed E-state index contributed by atoms with van der Waals surface area (Å²) in [7, 11) is 0. The van der Waals surface area contributed by atoms with Crippen molar-refractivity contribution >= 4 is 56.1 Å². The monoisotopic (exact) mass is 857 g/mol. The highest BCUT2D eigenvalue weighted by molar-refractivity contribution is 6.09. The molecule has 0 N–H and O–H groups in total. The smallest absolute Gasteiger partial charge is 0.0963 e. The van der Waals surface area contributed by atoms with Crippen LogP contribution in [0.4, 0.5) is 34.1 Å². The van der Waals surface area contributed by atoms with Gasteiger partial charge in [0.2, 0.25) is 0 Å². The molecule has 0 unspecified atom stereocenters. The van der Waals surface area contributed by atoms with Crippen molar-refractivity contribution in [2.24, 2.45) is 0 Å². The number of hydrogen-bond donors (Lipinski definition) is 0. The molecule has 14 rings (SSSR count). The summed E-state index contributed by atoms with van der Waals surface area (Å²) >= 11 is 0. The summed E-state index contributed by atoms with van der Waals surface area (Å²) in [4.78, 5) is 14.4. The molecule has 67 heavy (non-hydrogen) atoms. The fourth-order valence-electron chi connectivity index (χ4n) is 12.4. The van der Waals surface area contributed by atoms with Gasteiger partial charge in [0.1, 0.15) is 0 Å². The summed E-state index contributed by atoms with van der Waals surface area (Å²) < 4.78 is 2.30. The van der Waals surface area contributed by atoms with Gasteiger partial charge in [0.15, 0.2) is 0 Å². The molecule has 5 heterocycles. The molecular formula is C62H43N5. The molecule has 316 valence electrons. The van der Waals surface area contributed by atoms with Crippen molar-refractivity contribution in [2.45, 2.75) is 24.7 Å². The van der Waals surface area contributed by atoms with E-state index in [2.05, 4.69) is 227 Å². The van der Waals surface area contributed by atoms with Crippen LogP contribution in [0.2, 0.25) is 0 Å². The maximum atomic E-state index is 4.91. The summed E-state index contributed by atoms with van der Waals surface area (Å²) in [5, 5.41) is 1.10. The van der Waals surface area contributed by atoms with Gasteiger partial charge in [-0.3, -0.25) is 9.97 Å². The number of para-hydroxylation sites is 3. The molecule has 0 fully saturated rings. The molecule has 11 aromatic rings. The minimum Gasteiger partial charge on any atom is -0.310 e. The Morgan fingerprint density at radius 2 is 0.851 bits per heavy atom. The Bertz CT molecular complexity index is 3660. The molecule has 2 aliphatic heterocycles. The third-order valence-corrected chi connectivity index (χ3v) is 14.8. The third kappa shape index (κ3) is 4.92. The molecule has 3 aliphatic rings. The van der Waals surface area contributed by atoms with E-state index in [9.17, 15) is 0 Å². The number of aromatic nitrogens is 3. The first-order valence-electron chi connectivity index (χ1n) is 23.1. The lowest BCUT2D eigenvalue weighted by atomic mass is 9.49. The molecule has 0 radical (unpaired) electrons. The van der Waals surface area contributed by atoms with Crippen LogP contribution in [0.1, 0.15) is 55.6 Å². The number of anilines is 6. The molecule has 8 aromatic carbocycles. The molecule has 1 aliphatic carbocycles. The normalized spacial score (nSPS) is 14.6. The van der Waals surface area contributed by atoms with E-state index >= 15 is 0 Å².